The van der Waals surface area contributed by atoms with Crippen LogP contribution in [0.4, 0.5) is 5.69 Å². The Labute approximate surface area is 138 Å². The van der Waals surface area contributed by atoms with Gasteiger partial charge in [0, 0.05) is 23.1 Å². The molecule has 1 saturated carbocycles. The van der Waals surface area contributed by atoms with Gasteiger partial charge in [0.2, 0.25) is 5.91 Å². The molecule has 0 unspecified atom stereocenters. The molecular weight excluding hydrogens is 316 g/mol. The van der Waals surface area contributed by atoms with Gasteiger partial charge in [0.1, 0.15) is 0 Å². The second-order valence-corrected chi connectivity index (χ2v) is 6.82. The maximum absolute atomic E-state index is 12.2. The highest BCUT2D eigenvalue weighted by molar-refractivity contribution is 7.99. The van der Waals surface area contributed by atoms with Gasteiger partial charge in [-0.1, -0.05) is 0 Å². The van der Waals surface area contributed by atoms with E-state index in [9.17, 15) is 14.4 Å². The van der Waals surface area contributed by atoms with Gasteiger partial charge in [-0.3, -0.25) is 9.59 Å². The summed E-state index contributed by atoms with van der Waals surface area (Å²) in [6.45, 7) is 1.55. The summed E-state index contributed by atoms with van der Waals surface area (Å²) in [5.74, 6) is -0.214. The summed E-state index contributed by atoms with van der Waals surface area (Å²) >= 11 is 1.57. The molecule has 2 N–H and O–H groups in total. The van der Waals surface area contributed by atoms with E-state index in [0.717, 1.165) is 17.7 Å². The summed E-state index contributed by atoms with van der Waals surface area (Å²) < 4.78 is 5.21. The predicted octanol–water partition coefficient (Wildman–Crippen LogP) is 1.94. The standard InChI is InChI=1S/C16H18N2O4S/c1-9(15(20)17-11-3-4-11)22-16(21)10-2-5-13-12(8-10)18-14(19)6-7-23-13/h2,5,8-9,11H,3-4,6-7H2,1H3,(H,17,20)(H,18,19)/t9-/m0/s1. The van der Waals surface area contributed by atoms with E-state index in [1.165, 1.54) is 0 Å². The SMILES string of the molecule is C[C@H](OC(=O)c1ccc2c(c1)NC(=O)CCS2)C(=O)NC1CC1. The minimum atomic E-state index is -0.842. The number of rotatable bonds is 4. The zero-order valence-corrected chi connectivity index (χ0v) is 13.6. The van der Waals surface area contributed by atoms with Crippen molar-refractivity contribution in [1.82, 2.24) is 5.32 Å². The molecule has 1 atom stereocenters. The van der Waals surface area contributed by atoms with Gasteiger partial charge < -0.3 is 15.4 Å². The Morgan fingerprint density at radius 2 is 2.17 bits per heavy atom. The van der Waals surface area contributed by atoms with Gasteiger partial charge in [-0.05, 0) is 38.0 Å². The van der Waals surface area contributed by atoms with Crippen molar-refractivity contribution in [3.8, 4) is 0 Å². The molecule has 3 rings (SSSR count). The molecule has 6 nitrogen and oxygen atoms in total. The van der Waals surface area contributed by atoms with Crippen molar-refractivity contribution in [1.29, 1.82) is 0 Å². The monoisotopic (exact) mass is 334 g/mol. The lowest BCUT2D eigenvalue weighted by Gasteiger charge is -2.14. The Morgan fingerprint density at radius 1 is 1.39 bits per heavy atom. The second-order valence-electron chi connectivity index (χ2n) is 5.69. The lowest BCUT2D eigenvalue weighted by Crippen LogP contribution is -2.37. The lowest BCUT2D eigenvalue weighted by molar-refractivity contribution is -0.129. The van der Waals surface area contributed by atoms with E-state index in [1.807, 2.05) is 0 Å². The third kappa shape index (κ3) is 4.04. The molecule has 122 valence electrons. The lowest BCUT2D eigenvalue weighted by atomic mass is 10.2. The first-order valence-electron chi connectivity index (χ1n) is 7.61. The molecule has 1 aromatic rings. The summed E-state index contributed by atoms with van der Waals surface area (Å²) in [7, 11) is 0. The number of thioether (sulfide) groups is 1. The van der Waals surface area contributed by atoms with Crippen LogP contribution in [0, 0.1) is 0 Å². The Hall–Kier alpha value is -2.02. The zero-order valence-electron chi connectivity index (χ0n) is 12.8. The van der Waals surface area contributed by atoms with Crippen molar-refractivity contribution < 1.29 is 19.1 Å². The highest BCUT2D eigenvalue weighted by Gasteiger charge is 2.27. The van der Waals surface area contributed by atoms with Gasteiger partial charge in [0.15, 0.2) is 6.10 Å². The molecule has 0 aromatic heterocycles. The van der Waals surface area contributed by atoms with E-state index in [2.05, 4.69) is 10.6 Å². The van der Waals surface area contributed by atoms with E-state index in [1.54, 1.807) is 36.9 Å². The summed E-state index contributed by atoms with van der Waals surface area (Å²) in [5.41, 5.74) is 0.930. The van der Waals surface area contributed by atoms with Gasteiger partial charge in [-0.25, -0.2) is 4.79 Å². The predicted molar refractivity (Wildman–Crippen MR) is 86.5 cm³/mol. The van der Waals surface area contributed by atoms with E-state index in [4.69, 9.17) is 4.74 Å². The minimum Gasteiger partial charge on any atom is -0.449 e. The van der Waals surface area contributed by atoms with Crippen molar-refractivity contribution in [3.05, 3.63) is 23.8 Å². The number of esters is 1. The zero-order chi connectivity index (χ0) is 16.4. The van der Waals surface area contributed by atoms with Crippen molar-refractivity contribution in [2.75, 3.05) is 11.1 Å². The summed E-state index contributed by atoms with van der Waals surface area (Å²) in [4.78, 5) is 36.6. The summed E-state index contributed by atoms with van der Waals surface area (Å²) in [5, 5.41) is 5.58. The van der Waals surface area contributed by atoms with Crippen LogP contribution in [0.15, 0.2) is 23.1 Å². The molecule has 1 aliphatic heterocycles. The third-order valence-electron chi connectivity index (χ3n) is 3.65. The van der Waals surface area contributed by atoms with Crippen molar-refractivity contribution in [2.24, 2.45) is 0 Å². The number of hydrogen-bond acceptors (Lipinski definition) is 5. The molecule has 7 heteroatoms. The molecule has 2 aliphatic rings. The first kappa shape index (κ1) is 15.9. The van der Waals surface area contributed by atoms with E-state index < -0.39 is 12.1 Å². The van der Waals surface area contributed by atoms with Crippen LogP contribution in [0.25, 0.3) is 0 Å². The number of anilines is 1. The number of carbonyl (C=O) groups excluding carboxylic acids is 3. The van der Waals surface area contributed by atoms with Crippen LogP contribution in [-0.2, 0) is 14.3 Å². The van der Waals surface area contributed by atoms with Gasteiger partial charge in [-0.2, -0.15) is 0 Å². The number of fused-ring (bicyclic) bond motifs is 1. The van der Waals surface area contributed by atoms with Gasteiger partial charge >= 0.3 is 5.97 Å². The smallest absolute Gasteiger partial charge is 0.338 e. The van der Waals surface area contributed by atoms with E-state index >= 15 is 0 Å². The number of nitrogens with one attached hydrogen (secondary N) is 2. The Kier molecular flexibility index (Phi) is 4.56. The summed E-state index contributed by atoms with van der Waals surface area (Å²) in [6, 6.07) is 5.26. The first-order chi connectivity index (χ1) is 11.0. The number of carbonyl (C=O) groups is 3. The van der Waals surface area contributed by atoms with Crippen LogP contribution in [-0.4, -0.2) is 35.7 Å². The maximum Gasteiger partial charge on any atom is 0.338 e. The largest absolute Gasteiger partial charge is 0.449 e. The maximum atomic E-state index is 12.2. The fourth-order valence-electron chi connectivity index (χ4n) is 2.18. The number of hydrogen-bond donors (Lipinski definition) is 2. The third-order valence-corrected chi connectivity index (χ3v) is 4.73. The van der Waals surface area contributed by atoms with Crippen LogP contribution >= 0.6 is 11.8 Å². The van der Waals surface area contributed by atoms with Crippen molar-refractivity contribution in [2.45, 2.75) is 43.2 Å². The van der Waals surface area contributed by atoms with Crippen LogP contribution in [0.2, 0.25) is 0 Å². The van der Waals surface area contributed by atoms with Crippen molar-refractivity contribution >= 4 is 35.2 Å². The van der Waals surface area contributed by atoms with Gasteiger partial charge in [0.25, 0.3) is 5.91 Å². The molecule has 1 aromatic carbocycles. The van der Waals surface area contributed by atoms with Crippen LogP contribution < -0.4 is 10.6 Å². The highest BCUT2D eigenvalue weighted by Crippen LogP contribution is 2.31. The molecule has 0 radical (unpaired) electrons. The fraction of sp³-hybridized carbons (Fsp3) is 0.438. The van der Waals surface area contributed by atoms with E-state index in [-0.39, 0.29) is 17.9 Å². The Balaban J connectivity index is 1.67. The molecule has 1 fully saturated rings. The molecule has 2 amide bonds. The highest BCUT2D eigenvalue weighted by atomic mass is 32.2. The molecule has 0 bridgehead atoms. The molecule has 23 heavy (non-hydrogen) atoms. The number of benzene rings is 1. The molecule has 0 spiro atoms. The second kappa shape index (κ2) is 6.62. The minimum absolute atomic E-state index is 0.0704. The first-order valence-corrected chi connectivity index (χ1v) is 8.59. The van der Waals surface area contributed by atoms with Crippen LogP contribution in [0.5, 0.6) is 0 Å². The topological polar surface area (TPSA) is 84.5 Å². The quantitative estimate of drug-likeness (QED) is 0.822. The van der Waals surface area contributed by atoms with Crippen LogP contribution in [0.3, 0.4) is 0 Å². The summed E-state index contributed by atoms with van der Waals surface area (Å²) in [6.07, 6.45) is 1.56. The Bertz CT molecular complexity index is 657. The van der Waals surface area contributed by atoms with Crippen LogP contribution in [0.1, 0.15) is 36.5 Å². The van der Waals surface area contributed by atoms with E-state index in [0.29, 0.717) is 23.4 Å². The molecule has 0 saturated heterocycles. The molecule has 1 aliphatic carbocycles. The molecule has 1 heterocycles. The average Bonchev–Trinajstić information content (AvgIpc) is 3.33. The normalized spacial score (nSPS) is 18.2. The number of ether oxygens (including phenoxy) is 1. The van der Waals surface area contributed by atoms with Gasteiger partial charge in [-0.15, -0.1) is 11.8 Å². The van der Waals surface area contributed by atoms with Crippen molar-refractivity contribution in [3.63, 3.8) is 0 Å². The van der Waals surface area contributed by atoms with Gasteiger partial charge in [0.05, 0.1) is 11.3 Å². The average molecular weight is 334 g/mol. The number of amides is 2. The Morgan fingerprint density at radius 3 is 2.91 bits per heavy atom. The fourth-order valence-corrected chi connectivity index (χ4v) is 3.11. The molecular formula is C16H18N2O4S.